The second-order valence-electron chi connectivity index (χ2n) is 5.61. The van der Waals surface area contributed by atoms with Crippen molar-refractivity contribution >= 4 is 45.2 Å². The number of halogens is 1. The van der Waals surface area contributed by atoms with Gasteiger partial charge in [0.15, 0.2) is 5.13 Å². The third-order valence-corrected chi connectivity index (χ3v) is 4.78. The highest BCUT2D eigenvalue weighted by Crippen LogP contribution is 2.39. The van der Waals surface area contributed by atoms with E-state index >= 15 is 0 Å². The first-order valence-corrected chi connectivity index (χ1v) is 8.51. The maximum atomic E-state index is 13.0. The number of hydrogen-bond acceptors (Lipinski definition) is 5. The summed E-state index contributed by atoms with van der Waals surface area (Å²) in [7, 11) is 0. The Hall–Kier alpha value is -2.99. The molecule has 6 heteroatoms. The van der Waals surface area contributed by atoms with Gasteiger partial charge in [0.05, 0.1) is 10.6 Å². The minimum absolute atomic E-state index is 0.0423. The van der Waals surface area contributed by atoms with Gasteiger partial charge in [-0.05, 0) is 43.3 Å². The normalized spacial score (nSPS) is 14.5. The van der Waals surface area contributed by atoms with Crippen molar-refractivity contribution < 1.29 is 9.50 Å². The fourth-order valence-corrected chi connectivity index (χ4v) is 3.50. The van der Waals surface area contributed by atoms with Gasteiger partial charge in [0, 0.05) is 22.5 Å². The predicted molar refractivity (Wildman–Crippen MR) is 101 cm³/mol. The zero-order valence-electron chi connectivity index (χ0n) is 13.3. The van der Waals surface area contributed by atoms with Crippen LogP contribution in [-0.4, -0.2) is 15.8 Å². The maximum absolute atomic E-state index is 13.0. The lowest BCUT2D eigenvalue weighted by Crippen LogP contribution is -1.89. The van der Waals surface area contributed by atoms with Crippen LogP contribution in [-0.2, 0) is 0 Å². The van der Waals surface area contributed by atoms with Gasteiger partial charge in [-0.1, -0.05) is 29.5 Å². The summed E-state index contributed by atoms with van der Waals surface area (Å²) in [4.78, 5) is 9.32. The molecule has 4 nitrogen and oxygen atoms in total. The van der Waals surface area contributed by atoms with Crippen molar-refractivity contribution in [3.8, 4) is 5.88 Å². The van der Waals surface area contributed by atoms with Crippen LogP contribution in [0.3, 0.4) is 0 Å². The number of hydrogen-bond donors (Lipinski definition) is 2. The van der Waals surface area contributed by atoms with Crippen LogP contribution in [0.25, 0.3) is 11.6 Å². The van der Waals surface area contributed by atoms with Crippen LogP contribution in [0.4, 0.5) is 20.9 Å². The molecule has 0 saturated heterocycles. The second kappa shape index (κ2) is 6.14. The number of aromatic hydroxyl groups is 1. The lowest BCUT2D eigenvalue weighted by Gasteiger charge is -2.01. The maximum Gasteiger partial charge on any atom is 0.231 e. The van der Waals surface area contributed by atoms with E-state index in [1.807, 2.05) is 37.3 Å². The number of rotatable bonds is 3. The van der Waals surface area contributed by atoms with Crippen LogP contribution in [0.15, 0.2) is 53.5 Å². The van der Waals surface area contributed by atoms with Crippen LogP contribution < -0.4 is 5.32 Å². The molecule has 2 aromatic carbocycles. The van der Waals surface area contributed by atoms with Crippen molar-refractivity contribution in [1.29, 1.82) is 0 Å². The van der Waals surface area contributed by atoms with Crippen LogP contribution >= 0.6 is 11.3 Å². The number of anilines is 2. The predicted octanol–water partition coefficient (Wildman–Crippen LogP) is 5.38. The Morgan fingerprint density at radius 1 is 1.12 bits per heavy atom. The Bertz CT molecular complexity index is 1010. The summed E-state index contributed by atoms with van der Waals surface area (Å²) in [5, 5.41) is 13.8. The quantitative estimate of drug-likeness (QED) is 0.666. The number of benzene rings is 2. The molecule has 0 unspecified atom stereocenters. The summed E-state index contributed by atoms with van der Waals surface area (Å²) in [5.41, 5.74) is 4.56. The molecule has 1 aromatic heterocycles. The molecule has 4 rings (SSSR count). The molecular weight excluding hydrogens is 337 g/mol. The highest BCUT2D eigenvalue weighted by Gasteiger charge is 2.18. The number of para-hydroxylation sites is 1. The molecule has 25 heavy (non-hydrogen) atoms. The summed E-state index contributed by atoms with van der Waals surface area (Å²) < 4.78 is 13.0. The third-order valence-electron chi connectivity index (χ3n) is 3.88. The zero-order valence-corrected chi connectivity index (χ0v) is 14.1. The zero-order chi connectivity index (χ0) is 17.4. The van der Waals surface area contributed by atoms with Crippen molar-refractivity contribution in [1.82, 2.24) is 4.98 Å². The summed E-state index contributed by atoms with van der Waals surface area (Å²) in [6, 6.07) is 13.9. The van der Waals surface area contributed by atoms with Crippen molar-refractivity contribution in [2.75, 3.05) is 5.32 Å². The fraction of sp³-hybridized carbons (Fsp3) is 0.0526. The molecule has 0 bridgehead atoms. The third kappa shape index (κ3) is 3.04. The number of fused-ring (bicyclic) bond motifs is 1. The molecule has 0 aliphatic carbocycles. The molecule has 0 radical (unpaired) electrons. The Morgan fingerprint density at radius 2 is 1.88 bits per heavy atom. The first kappa shape index (κ1) is 15.5. The van der Waals surface area contributed by atoms with E-state index in [-0.39, 0.29) is 11.7 Å². The van der Waals surface area contributed by atoms with Gasteiger partial charge in [-0.3, -0.25) is 4.99 Å². The molecule has 3 aromatic rings. The topological polar surface area (TPSA) is 57.5 Å². The molecule has 1 aliphatic rings. The van der Waals surface area contributed by atoms with Gasteiger partial charge in [-0.25, -0.2) is 4.39 Å². The highest BCUT2D eigenvalue weighted by molar-refractivity contribution is 7.16. The molecule has 124 valence electrons. The van der Waals surface area contributed by atoms with E-state index in [0.29, 0.717) is 15.7 Å². The fourth-order valence-electron chi connectivity index (χ4n) is 2.68. The number of nitrogens with zero attached hydrogens (tertiary/aromatic N) is 2. The molecule has 0 amide bonds. The van der Waals surface area contributed by atoms with Crippen LogP contribution in [0.1, 0.15) is 17.4 Å². The van der Waals surface area contributed by atoms with E-state index < -0.39 is 0 Å². The molecule has 2 N–H and O–H groups in total. The lowest BCUT2D eigenvalue weighted by atomic mass is 10.0. The molecule has 1 aliphatic heterocycles. The largest absolute Gasteiger partial charge is 0.492 e. The molecule has 0 spiro atoms. The van der Waals surface area contributed by atoms with Gasteiger partial charge in [0.25, 0.3) is 0 Å². The summed E-state index contributed by atoms with van der Waals surface area (Å²) in [5.74, 6) is -0.341. The SMILES string of the molecule is CC1=Nc2ccccc2/C1=C\c1sc(Nc2ccc(F)cc2)nc1O. The van der Waals surface area contributed by atoms with E-state index in [4.69, 9.17) is 0 Å². The van der Waals surface area contributed by atoms with Crippen LogP contribution in [0.2, 0.25) is 0 Å². The van der Waals surface area contributed by atoms with Crippen LogP contribution in [0, 0.1) is 5.82 Å². The number of thiazole rings is 1. The molecule has 0 fully saturated rings. The second-order valence-corrected chi connectivity index (χ2v) is 6.64. The lowest BCUT2D eigenvalue weighted by molar-refractivity contribution is 0.457. The van der Waals surface area contributed by atoms with Crippen molar-refractivity contribution in [2.45, 2.75) is 6.92 Å². The number of nitrogens with one attached hydrogen (secondary N) is 1. The number of aliphatic imine (C=N–C) groups is 1. The van der Waals surface area contributed by atoms with E-state index in [1.165, 1.54) is 23.5 Å². The monoisotopic (exact) mass is 351 g/mol. The highest BCUT2D eigenvalue weighted by atomic mass is 32.1. The Labute approximate surface area is 148 Å². The summed E-state index contributed by atoms with van der Waals surface area (Å²) in [6.45, 7) is 1.95. The van der Waals surface area contributed by atoms with Gasteiger partial charge < -0.3 is 10.4 Å². The molecule has 2 heterocycles. The average molecular weight is 351 g/mol. The van der Waals surface area contributed by atoms with Crippen molar-refractivity contribution in [2.24, 2.45) is 4.99 Å². The standard InChI is InChI=1S/C19H14FN3OS/c1-11-15(14-4-2-3-5-16(14)21-11)10-17-18(24)23-19(25-17)22-13-8-6-12(20)7-9-13/h2-10,24H,1H3,(H,22,23)/b15-10-. The Kier molecular flexibility index (Phi) is 3.82. The Morgan fingerprint density at radius 3 is 2.68 bits per heavy atom. The van der Waals surface area contributed by atoms with Gasteiger partial charge in [-0.15, -0.1) is 0 Å². The van der Waals surface area contributed by atoms with E-state index in [2.05, 4.69) is 15.3 Å². The number of allylic oxidation sites excluding steroid dienone is 1. The molecule has 0 saturated carbocycles. The van der Waals surface area contributed by atoms with Crippen LogP contribution in [0.5, 0.6) is 5.88 Å². The first-order valence-electron chi connectivity index (χ1n) is 7.69. The molecule has 0 atom stereocenters. The van der Waals surface area contributed by atoms with Gasteiger partial charge in [-0.2, -0.15) is 4.98 Å². The van der Waals surface area contributed by atoms with Gasteiger partial charge in [0.1, 0.15) is 5.82 Å². The minimum atomic E-state index is -0.299. The average Bonchev–Trinajstić information content (AvgIpc) is 3.10. The summed E-state index contributed by atoms with van der Waals surface area (Å²) >= 11 is 1.32. The molecular formula is C19H14FN3OS. The van der Waals surface area contributed by atoms with E-state index in [1.54, 1.807) is 12.1 Å². The van der Waals surface area contributed by atoms with Gasteiger partial charge >= 0.3 is 0 Å². The summed E-state index contributed by atoms with van der Waals surface area (Å²) in [6.07, 6.45) is 1.90. The van der Waals surface area contributed by atoms with E-state index in [0.717, 1.165) is 22.5 Å². The minimum Gasteiger partial charge on any atom is -0.492 e. The first-order chi connectivity index (χ1) is 12.1. The van der Waals surface area contributed by atoms with Gasteiger partial charge in [0.2, 0.25) is 5.88 Å². The van der Waals surface area contributed by atoms with Crippen molar-refractivity contribution in [3.63, 3.8) is 0 Å². The Balaban J connectivity index is 1.65. The number of aromatic nitrogens is 1. The van der Waals surface area contributed by atoms with E-state index in [9.17, 15) is 9.50 Å². The smallest absolute Gasteiger partial charge is 0.231 e. The van der Waals surface area contributed by atoms with Crippen molar-refractivity contribution in [3.05, 3.63) is 64.8 Å².